The highest BCUT2D eigenvalue weighted by molar-refractivity contribution is 5.92. The average Bonchev–Trinajstić information content (AvgIpc) is 2.85. The van der Waals surface area contributed by atoms with E-state index in [1.54, 1.807) is 0 Å². The number of hydrogen-bond donors (Lipinski definition) is 2. The summed E-state index contributed by atoms with van der Waals surface area (Å²) in [4.78, 5) is 11.8. The minimum absolute atomic E-state index is 0.0438. The molecule has 0 aliphatic heterocycles. The Morgan fingerprint density at radius 1 is 1.28 bits per heavy atom. The third-order valence-corrected chi connectivity index (χ3v) is 3.61. The molecule has 0 heterocycles. The SMILES string of the molecule is Cc1ccccc1NC(=O)CNCC1CCCC1. The molecule has 0 atom stereocenters. The molecule has 1 aliphatic rings. The zero-order valence-electron chi connectivity index (χ0n) is 11.0. The number of hydrogen-bond acceptors (Lipinski definition) is 2. The van der Waals surface area contributed by atoms with Crippen LogP contribution in [0.4, 0.5) is 5.69 Å². The fourth-order valence-corrected chi connectivity index (χ4v) is 2.51. The molecular weight excluding hydrogens is 224 g/mol. The first-order chi connectivity index (χ1) is 8.75. The van der Waals surface area contributed by atoms with Crippen LogP contribution in [-0.2, 0) is 4.79 Å². The highest BCUT2D eigenvalue weighted by atomic mass is 16.1. The fraction of sp³-hybridized carbons (Fsp3) is 0.533. The Labute approximate surface area is 109 Å². The Bertz CT molecular complexity index is 397. The van der Waals surface area contributed by atoms with Crippen molar-refractivity contribution < 1.29 is 4.79 Å². The number of amides is 1. The molecule has 1 fully saturated rings. The summed E-state index contributed by atoms with van der Waals surface area (Å²) in [7, 11) is 0. The third kappa shape index (κ3) is 3.84. The van der Waals surface area contributed by atoms with Crippen LogP contribution in [0.25, 0.3) is 0 Å². The predicted molar refractivity (Wildman–Crippen MR) is 74.6 cm³/mol. The molecule has 0 unspecified atom stereocenters. The van der Waals surface area contributed by atoms with Crippen LogP contribution in [0.2, 0.25) is 0 Å². The molecule has 1 aliphatic carbocycles. The van der Waals surface area contributed by atoms with E-state index in [0.29, 0.717) is 6.54 Å². The topological polar surface area (TPSA) is 41.1 Å². The van der Waals surface area contributed by atoms with E-state index in [1.165, 1.54) is 25.7 Å². The summed E-state index contributed by atoms with van der Waals surface area (Å²) in [5.74, 6) is 0.818. The van der Waals surface area contributed by atoms with Gasteiger partial charge < -0.3 is 10.6 Å². The second kappa shape index (κ2) is 6.55. The molecule has 0 aromatic heterocycles. The lowest BCUT2D eigenvalue weighted by molar-refractivity contribution is -0.115. The average molecular weight is 246 g/mol. The van der Waals surface area contributed by atoms with Gasteiger partial charge in [-0.2, -0.15) is 0 Å². The molecule has 1 amide bonds. The van der Waals surface area contributed by atoms with Gasteiger partial charge in [0.05, 0.1) is 6.54 Å². The molecule has 0 saturated heterocycles. The van der Waals surface area contributed by atoms with Gasteiger partial charge in [-0.3, -0.25) is 4.79 Å². The van der Waals surface area contributed by atoms with Crippen LogP contribution in [0.5, 0.6) is 0 Å². The summed E-state index contributed by atoms with van der Waals surface area (Å²) < 4.78 is 0. The van der Waals surface area contributed by atoms with Gasteiger partial charge in [0, 0.05) is 5.69 Å². The molecule has 3 heteroatoms. The van der Waals surface area contributed by atoms with Gasteiger partial charge >= 0.3 is 0 Å². The van der Waals surface area contributed by atoms with Crippen LogP contribution < -0.4 is 10.6 Å². The van der Waals surface area contributed by atoms with Crippen LogP contribution in [0, 0.1) is 12.8 Å². The van der Waals surface area contributed by atoms with E-state index in [1.807, 2.05) is 31.2 Å². The van der Waals surface area contributed by atoms with Crippen molar-refractivity contribution in [2.75, 3.05) is 18.4 Å². The van der Waals surface area contributed by atoms with Crippen LogP contribution in [0.1, 0.15) is 31.2 Å². The number of nitrogens with one attached hydrogen (secondary N) is 2. The van der Waals surface area contributed by atoms with Crippen molar-refractivity contribution in [2.24, 2.45) is 5.92 Å². The maximum atomic E-state index is 11.8. The molecular formula is C15H22N2O. The second-order valence-electron chi connectivity index (χ2n) is 5.14. The number of aryl methyl sites for hydroxylation is 1. The molecule has 0 radical (unpaired) electrons. The first-order valence-corrected chi connectivity index (χ1v) is 6.82. The Morgan fingerprint density at radius 2 is 2.00 bits per heavy atom. The van der Waals surface area contributed by atoms with Gasteiger partial charge in [-0.25, -0.2) is 0 Å². The summed E-state index contributed by atoms with van der Waals surface area (Å²) in [6, 6.07) is 7.85. The number of rotatable bonds is 5. The zero-order chi connectivity index (χ0) is 12.8. The Kier molecular flexibility index (Phi) is 4.76. The van der Waals surface area contributed by atoms with Crippen LogP contribution >= 0.6 is 0 Å². The van der Waals surface area contributed by atoms with E-state index in [2.05, 4.69) is 10.6 Å². The Morgan fingerprint density at radius 3 is 2.72 bits per heavy atom. The molecule has 2 N–H and O–H groups in total. The molecule has 3 nitrogen and oxygen atoms in total. The number of anilines is 1. The van der Waals surface area contributed by atoms with Gasteiger partial charge in [0.2, 0.25) is 5.91 Å². The maximum absolute atomic E-state index is 11.8. The van der Waals surface area contributed by atoms with Crippen LogP contribution in [0.15, 0.2) is 24.3 Å². The van der Waals surface area contributed by atoms with E-state index in [4.69, 9.17) is 0 Å². The van der Waals surface area contributed by atoms with Crippen molar-refractivity contribution in [1.82, 2.24) is 5.32 Å². The normalized spacial score (nSPS) is 15.8. The van der Waals surface area contributed by atoms with Crippen molar-refractivity contribution in [3.8, 4) is 0 Å². The third-order valence-electron chi connectivity index (χ3n) is 3.61. The first-order valence-electron chi connectivity index (χ1n) is 6.82. The highest BCUT2D eigenvalue weighted by Gasteiger charge is 2.14. The van der Waals surface area contributed by atoms with Gasteiger partial charge in [0.25, 0.3) is 0 Å². The van der Waals surface area contributed by atoms with Gasteiger partial charge in [-0.05, 0) is 43.9 Å². The molecule has 18 heavy (non-hydrogen) atoms. The maximum Gasteiger partial charge on any atom is 0.238 e. The number of carbonyl (C=O) groups excluding carboxylic acids is 1. The lowest BCUT2D eigenvalue weighted by Crippen LogP contribution is -2.31. The van der Waals surface area contributed by atoms with Gasteiger partial charge in [0.15, 0.2) is 0 Å². The monoisotopic (exact) mass is 246 g/mol. The van der Waals surface area contributed by atoms with Gasteiger partial charge in [0.1, 0.15) is 0 Å². The smallest absolute Gasteiger partial charge is 0.238 e. The lowest BCUT2D eigenvalue weighted by Gasteiger charge is -2.11. The highest BCUT2D eigenvalue weighted by Crippen LogP contribution is 2.23. The standard InChI is InChI=1S/C15H22N2O/c1-12-6-2-5-9-14(12)17-15(18)11-16-10-13-7-3-4-8-13/h2,5-6,9,13,16H,3-4,7-8,10-11H2,1H3,(H,17,18). The Balaban J connectivity index is 1.70. The van der Waals surface area contributed by atoms with Crippen molar-refractivity contribution in [3.05, 3.63) is 29.8 Å². The molecule has 1 aromatic carbocycles. The molecule has 0 spiro atoms. The fourth-order valence-electron chi connectivity index (χ4n) is 2.51. The Hall–Kier alpha value is -1.35. The molecule has 1 aromatic rings. The van der Waals surface area contributed by atoms with Crippen molar-refractivity contribution in [1.29, 1.82) is 0 Å². The van der Waals surface area contributed by atoms with E-state index in [-0.39, 0.29) is 5.91 Å². The van der Waals surface area contributed by atoms with E-state index >= 15 is 0 Å². The summed E-state index contributed by atoms with van der Waals surface area (Å²) in [6.45, 7) is 3.38. The number of para-hydroxylation sites is 1. The van der Waals surface area contributed by atoms with E-state index in [9.17, 15) is 4.79 Å². The molecule has 1 saturated carbocycles. The van der Waals surface area contributed by atoms with Crippen molar-refractivity contribution in [3.63, 3.8) is 0 Å². The minimum atomic E-state index is 0.0438. The van der Waals surface area contributed by atoms with Gasteiger partial charge in [-0.15, -0.1) is 0 Å². The molecule has 2 rings (SSSR count). The first kappa shape index (κ1) is 13.1. The molecule has 0 bridgehead atoms. The summed E-state index contributed by atoms with van der Waals surface area (Å²) >= 11 is 0. The van der Waals surface area contributed by atoms with Crippen molar-refractivity contribution in [2.45, 2.75) is 32.6 Å². The van der Waals surface area contributed by atoms with Crippen molar-refractivity contribution >= 4 is 11.6 Å². The van der Waals surface area contributed by atoms with Crippen LogP contribution in [-0.4, -0.2) is 19.0 Å². The lowest BCUT2D eigenvalue weighted by atomic mass is 10.1. The second-order valence-corrected chi connectivity index (χ2v) is 5.14. The van der Waals surface area contributed by atoms with Gasteiger partial charge in [-0.1, -0.05) is 31.0 Å². The number of benzene rings is 1. The summed E-state index contributed by atoms with van der Waals surface area (Å²) in [5, 5.41) is 6.19. The summed E-state index contributed by atoms with van der Waals surface area (Å²) in [5.41, 5.74) is 2.01. The molecule has 98 valence electrons. The largest absolute Gasteiger partial charge is 0.325 e. The quantitative estimate of drug-likeness (QED) is 0.838. The van der Waals surface area contributed by atoms with E-state index in [0.717, 1.165) is 23.7 Å². The number of carbonyl (C=O) groups is 1. The van der Waals surface area contributed by atoms with E-state index < -0.39 is 0 Å². The predicted octanol–water partition coefficient (Wildman–Crippen LogP) is 2.71. The summed E-state index contributed by atoms with van der Waals surface area (Å²) in [6.07, 6.45) is 5.32. The minimum Gasteiger partial charge on any atom is -0.325 e. The van der Waals surface area contributed by atoms with Crippen LogP contribution in [0.3, 0.4) is 0 Å². The zero-order valence-corrected chi connectivity index (χ0v) is 11.0.